The number of ether oxygens (including phenoxy) is 6. The van der Waals surface area contributed by atoms with Gasteiger partial charge < -0.3 is 48.8 Å². The molecule has 2 aromatic rings. The van der Waals surface area contributed by atoms with Crippen LogP contribution in [0.3, 0.4) is 0 Å². The molecule has 1 spiro atoms. The molecule has 2 aromatic carbocycles. The van der Waals surface area contributed by atoms with Crippen molar-refractivity contribution >= 4 is 24.1 Å². The molecule has 0 amide bonds. The third-order valence-electron chi connectivity index (χ3n) is 10.4. The Balaban J connectivity index is 1.55. The molecular weight excluding hydrogens is 708 g/mol. The van der Waals surface area contributed by atoms with Crippen LogP contribution in [0.2, 0.25) is 0 Å². The molecule has 2 heterocycles. The minimum Gasteiger partial charge on any atom is -0.507 e. The van der Waals surface area contributed by atoms with Gasteiger partial charge in [-0.15, -0.1) is 0 Å². The molecule has 0 atom stereocenters. The first kappa shape index (κ1) is 43.6. The fourth-order valence-electron chi connectivity index (χ4n) is 7.50. The summed E-state index contributed by atoms with van der Waals surface area (Å²) in [5.74, 6) is -3.04. The van der Waals surface area contributed by atoms with Crippen molar-refractivity contribution in [3.05, 3.63) is 57.7 Å². The van der Waals surface area contributed by atoms with Crippen molar-refractivity contribution in [1.29, 1.82) is 0 Å². The van der Waals surface area contributed by atoms with Gasteiger partial charge in [-0.1, -0.05) is 69.2 Å². The smallest absolute Gasteiger partial charge is 0.330 e. The first-order valence-electron chi connectivity index (χ1n) is 18.5. The Morgan fingerprint density at radius 2 is 1.00 bits per heavy atom. The Morgan fingerprint density at radius 1 is 0.636 bits per heavy atom. The van der Waals surface area contributed by atoms with E-state index in [-0.39, 0.29) is 56.2 Å². The van der Waals surface area contributed by atoms with Crippen LogP contribution in [0.25, 0.3) is 12.2 Å². The van der Waals surface area contributed by atoms with Crippen molar-refractivity contribution in [2.75, 3.05) is 46.4 Å². The van der Waals surface area contributed by atoms with Crippen molar-refractivity contribution in [1.82, 2.24) is 0 Å². The lowest BCUT2D eigenvalue weighted by molar-refractivity contribution is -0.406. The van der Waals surface area contributed by atoms with Crippen molar-refractivity contribution in [2.45, 2.75) is 99.7 Å². The van der Waals surface area contributed by atoms with Gasteiger partial charge in [0.15, 0.2) is 5.79 Å². The van der Waals surface area contributed by atoms with E-state index >= 15 is 0 Å². The fraction of sp³-hybridized carbons (Fsp3) is 0.581. The number of aromatic hydroxyl groups is 4. The molecule has 55 heavy (non-hydrogen) atoms. The molecule has 2 aliphatic heterocycles. The number of phenols is 4. The van der Waals surface area contributed by atoms with Gasteiger partial charge >= 0.3 is 11.9 Å². The molecule has 0 bridgehead atoms. The maximum absolute atomic E-state index is 13.2. The summed E-state index contributed by atoms with van der Waals surface area (Å²) in [6.07, 6.45) is 5.32. The second-order valence-electron chi connectivity index (χ2n) is 18.4. The molecule has 4 rings (SSSR count). The number of hydrogen-bond donors (Lipinski definition) is 4. The van der Waals surface area contributed by atoms with Gasteiger partial charge in [-0.3, -0.25) is 0 Å². The SMILES string of the molecule is Cc1cc(/C=C/C(=O)OCC(C)(C)C2(C(C)(C)COC(=O)/C=C/c3cc(C)c(O)c(C(C)(C)C)c3O)OCC3(COCOC3)CO2)c(O)c(C(C)(C)C)c1O. The average molecular weight is 769 g/mol. The minimum absolute atomic E-state index is 0.00288. The molecule has 304 valence electrons. The Hall–Kier alpha value is -4.10. The third kappa shape index (κ3) is 9.14. The predicted molar refractivity (Wildman–Crippen MR) is 208 cm³/mol. The Labute approximate surface area is 325 Å². The van der Waals surface area contributed by atoms with Crippen LogP contribution in [0, 0.1) is 30.1 Å². The van der Waals surface area contributed by atoms with E-state index in [4.69, 9.17) is 28.4 Å². The number of benzene rings is 2. The third-order valence-corrected chi connectivity index (χ3v) is 10.4. The maximum atomic E-state index is 13.2. The largest absolute Gasteiger partial charge is 0.507 e. The fourth-order valence-corrected chi connectivity index (χ4v) is 7.50. The first-order chi connectivity index (χ1) is 25.3. The number of hydrogen-bond acceptors (Lipinski definition) is 12. The van der Waals surface area contributed by atoms with Gasteiger partial charge in [0.1, 0.15) is 43.0 Å². The summed E-state index contributed by atoms with van der Waals surface area (Å²) in [7, 11) is 0. The Morgan fingerprint density at radius 3 is 1.35 bits per heavy atom. The van der Waals surface area contributed by atoms with E-state index < -0.39 is 44.8 Å². The molecule has 2 saturated heterocycles. The maximum Gasteiger partial charge on any atom is 0.330 e. The van der Waals surface area contributed by atoms with Crippen molar-refractivity contribution in [2.24, 2.45) is 16.2 Å². The van der Waals surface area contributed by atoms with Gasteiger partial charge in [-0.2, -0.15) is 0 Å². The van der Waals surface area contributed by atoms with Crippen molar-refractivity contribution in [3.63, 3.8) is 0 Å². The lowest BCUT2D eigenvalue weighted by Crippen LogP contribution is -2.68. The second kappa shape index (κ2) is 15.8. The quantitative estimate of drug-likeness (QED) is 0.141. The van der Waals surface area contributed by atoms with Gasteiger partial charge in [0.2, 0.25) is 0 Å². The van der Waals surface area contributed by atoms with Crippen LogP contribution >= 0.6 is 0 Å². The number of aryl methyl sites for hydroxylation is 2. The second-order valence-corrected chi connectivity index (χ2v) is 18.4. The summed E-state index contributed by atoms with van der Waals surface area (Å²) in [6, 6.07) is 3.19. The van der Waals surface area contributed by atoms with Gasteiger partial charge in [0.05, 0.1) is 42.7 Å². The molecule has 4 N–H and O–H groups in total. The molecule has 2 fully saturated rings. The lowest BCUT2D eigenvalue weighted by atomic mass is 9.67. The number of rotatable bonds is 10. The molecular formula is C43H60O12. The highest BCUT2D eigenvalue weighted by Gasteiger charge is 2.62. The zero-order valence-corrected chi connectivity index (χ0v) is 34.5. The van der Waals surface area contributed by atoms with E-state index in [9.17, 15) is 30.0 Å². The van der Waals surface area contributed by atoms with Gasteiger partial charge in [0.25, 0.3) is 0 Å². The average Bonchev–Trinajstić information content (AvgIpc) is 3.08. The topological polar surface area (TPSA) is 170 Å². The van der Waals surface area contributed by atoms with Crippen LogP contribution in [-0.4, -0.2) is 84.6 Å². The zero-order valence-electron chi connectivity index (χ0n) is 34.5. The van der Waals surface area contributed by atoms with Crippen molar-refractivity contribution in [3.8, 4) is 23.0 Å². The summed E-state index contributed by atoms with van der Waals surface area (Å²) < 4.78 is 36.1. The molecule has 0 saturated carbocycles. The Kier molecular flexibility index (Phi) is 12.5. The molecule has 0 unspecified atom stereocenters. The van der Waals surface area contributed by atoms with Crippen LogP contribution in [0.4, 0.5) is 0 Å². The van der Waals surface area contributed by atoms with E-state index in [2.05, 4.69) is 0 Å². The van der Waals surface area contributed by atoms with Crippen LogP contribution in [0.5, 0.6) is 23.0 Å². The number of phenolic OH excluding ortho intramolecular Hbond substituents is 4. The molecule has 0 aliphatic carbocycles. The highest BCUT2D eigenvalue weighted by atomic mass is 16.7. The number of carbonyl (C=O) groups excluding carboxylic acids is 2. The summed E-state index contributed by atoms with van der Waals surface area (Å²) in [5.41, 5.74) is -1.13. The monoisotopic (exact) mass is 768 g/mol. The Bertz CT molecular complexity index is 1690. The van der Waals surface area contributed by atoms with Gasteiger partial charge in [-0.05, 0) is 60.1 Å². The zero-order chi connectivity index (χ0) is 41.4. The molecule has 12 heteroatoms. The standard InChI is InChI=1S/C43H60O12/c1-26-17-28(36(48)32(34(26)46)38(3,4)5)13-15-30(44)52-19-40(9,10)43(54-23-42(24-55-43)21-50-25-51-22-42)41(11,12)20-53-31(45)16-14-29-18-27(2)35(47)33(37(29)49)39(6,7)8/h13-18,46-49H,19-25H2,1-12H3/b15-13+,16-14+. The summed E-state index contributed by atoms with van der Waals surface area (Å²) in [4.78, 5) is 26.3. The molecule has 0 radical (unpaired) electrons. The van der Waals surface area contributed by atoms with E-state index in [0.29, 0.717) is 46.6 Å². The number of carbonyl (C=O) groups is 2. The van der Waals surface area contributed by atoms with Crippen LogP contribution in [0.15, 0.2) is 24.3 Å². The van der Waals surface area contributed by atoms with Crippen LogP contribution in [0.1, 0.15) is 103 Å². The summed E-state index contributed by atoms with van der Waals surface area (Å²) in [5, 5.41) is 43.2. The highest BCUT2D eigenvalue weighted by molar-refractivity contribution is 5.88. The van der Waals surface area contributed by atoms with E-state index in [0.717, 1.165) is 0 Å². The first-order valence-corrected chi connectivity index (χ1v) is 18.5. The van der Waals surface area contributed by atoms with Crippen LogP contribution < -0.4 is 0 Å². The molecule has 12 nitrogen and oxygen atoms in total. The van der Waals surface area contributed by atoms with E-state index in [1.54, 1.807) is 26.0 Å². The number of esters is 2. The lowest BCUT2D eigenvalue weighted by Gasteiger charge is -2.58. The summed E-state index contributed by atoms with van der Waals surface area (Å²) >= 11 is 0. The highest BCUT2D eigenvalue weighted by Crippen LogP contribution is 2.52. The van der Waals surface area contributed by atoms with Gasteiger partial charge in [-0.25, -0.2) is 9.59 Å². The molecule has 2 aliphatic rings. The van der Waals surface area contributed by atoms with Crippen molar-refractivity contribution < 1.29 is 58.4 Å². The summed E-state index contributed by atoms with van der Waals surface area (Å²) in [6.45, 7) is 23.0. The van der Waals surface area contributed by atoms with E-state index in [1.807, 2.05) is 69.2 Å². The van der Waals surface area contributed by atoms with E-state index in [1.165, 1.54) is 24.3 Å². The minimum atomic E-state index is -1.45. The van der Waals surface area contributed by atoms with Gasteiger partial charge in [0, 0.05) is 34.4 Å². The van der Waals surface area contributed by atoms with Crippen LogP contribution in [-0.2, 0) is 48.8 Å². The molecule has 0 aromatic heterocycles. The normalized spacial score (nSPS) is 17.9. The predicted octanol–water partition coefficient (Wildman–Crippen LogP) is 7.32.